The smallest absolute Gasteiger partial charge is 0.151 e. The van der Waals surface area contributed by atoms with Crippen LogP contribution in [0, 0.1) is 11.8 Å². The molecule has 2 aliphatic rings. The van der Waals surface area contributed by atoms with Crippen molar-refractivity contribution in [2.45, 2.75) is 18.9 Å². The van der Waals surface area contributed by atoms with Crippen LogP contribution in [0.3, 0.4) is 0 Å². The minimum atomic E-state index is -0.127. The first-order valence-corrected chi connectivity index (χ1v) is 7.16. The molecule has 0 spiro atoms. The molecule has 0 radical (unpaired) electrons. The lowest BCUT2D eigenvalue weighted by Crippen LogP contribution is -2.24. The summed E-state index contributed by atoms with van der Waals surface area (Å²) >= 11 is 3.42. The Kier molecular flexibility index (Phi) is 3.16. The molecule has 1 heterocycles. The van der Waals surface area contributed by atoms with Gasteiger partial charge in [-0.1, -0.05) is 0 Å². The van der Waals surface area contributed by atoms with Gasteiger partial charge in [0.25, 0.3) is 0 Å². The molecule has 3 atom stereocenters. The van der Waals surface area contributed by atoms with Crippen LogP contribution in [0.4, 0.5) is 5.69 Å². The third kappa shape index (κ3) is 1.97. The average Bonchev–Trinajstić information content (AvgIpc) is 2.92. The van der Waals surface area contributed by atoms with Crippen LogP contribution in [0.25, 0.3) is 0 Å². The monoisotopic (exact) mass is 309 g/mol. The molecule has 0 bridgehead atoms. The summed E-state index contributed by atoms with van der Waals surface area (Å²) < 4.78 is 0.840. The number of halogens is 1. The summed E-state index contributed by atoms with van der Waals surface area (Å²) in [4.78, 5) is 13.1. The Balaban J connectivity index is 1.81. The molecule has 1 N–H and O–H groups in total. The van der Waals surface area contributed by atoms with Crippen molar-refractivity contribution in [3.05, 3.63) is 28.2 Å². The summed E-state index contributed by atoms with van der Waals surface area (Å²) in [5.41, 5.74) is 1.81. The predicted molar refractivity (Wildman–Crippen MR) is 74.0 cm³/mol. The topological polar surface area (TPSA) is 40.5 Å². The molecule has 0 aromatic heterocycles. The van der Waals surface area contributed by atoms with Gasteiger partial charge in [0.15, 0.2) is 6.29 Å². The number of carbonyl (C=O) groups excluding carboxylic acids is 1. The highest BCUT2D eigenvalue weighted by Crippen LogP contribution is 2.40. The highest BCUT2D eigenvalue weighted by Gasteiger charge is 2.41. The van der Waals surface area contributed by atoms with Gasteiger partial charge in [0.05, 0.1) is 6.10 Å². The molecule has 1 saturated heterocycles. The van der Waals surface area contributed by atoms with Gasteiger partial charge in [-0.05, 0) is 52.9 Å². The highest BCUT2D eigenvalue weighted by atomic mass is 79.9. The summed E-state index contributed by atoms with van der Waals surface area (Å²) in [7, 11) is 0. The fourth-order valence-electron chi connectivity index (χ4n) is 3.26. The van der Waals surface area contributed by atoms with E-state index in [0.717, 1.165) is 42.4 Å². The van der Waals surface area contributed by atoms with Crippen molar-refractivity contribution in [3.63, 3.8) is 0 Å². The van der Waals surface area contributed by atoms with Crippen LogP contribution < -0.4 is 4.90 Å². The van der Waals surface area contributed by atoms with Crippen molar-refractivity contribution in [3.8, 4) is 0 Å². The minimum absolute atomic E-state index is 0.127. The zero-order chi connectivity index (χ0) is 12.7. The number of aliphatic hydroxyl groups excluding tert-OH is 1. The minimum Gasteiger partial charge on any atom is -0.393 e. The van der Waals surface area contributed by atoms with Crippen molar-refractivity contribution >= 4 is 27.9 Å². The molecular weight excluding hydrogens is 294 g/mol. The van der Waals surface area contributed by atoms with Gasteiger partial charge in [0, 0.05) is 34.7 Å². The molecule has 1 aromatic carbocycles. The lowest BCUT2D eigenvalue weighted by atomic mass is 10.00. The number of aliphatic hydroxyl groups is 1. The number of aldehydes is 1. The van der Waals surface area contributed by atoms with Gasteiger partial charge in [-0.15, -0.1) is 0 Å². The Bertz CT molecular complexity index is 477. The Labute approximate surface area is 115 Å². The maximum Gasteiger partial charge on any atom is 0.151 e. The van der Waals surface area contributed by atoms with Crippen molar-refractivity contribution in [1.82, 2.24) is 0 Å². The highest BCUT2D eigenvalue weighted by molar-refractivity contribution is 9.10. The molecule has 3 unspecified atom stereocenters. The van der Waals surface area contributed by atoms with Gasteiger partial charge >= 0.3 is 0 Å². The second kappa shape index (κ2) is 4.67. The molecule has 4 heteroatoms. The fraction of sp³-hybridized carbons (Fsp3) is 0.500. The first-order chi connectivity index (χ1) is 8.69. The van der Waals surface area contributed by atoms with Crippen LogP contribution >= 0.6 is 15.9 Å². The Morgan fingerprint density at radius 2 is 2.17 bits per heavy atom. The normalized spacial score (nSPS) is 30.6. The number of rotatable bonds is 2. The van der Waals surface area contributed by atoms with Crippen molar-refractivity contribution in [1.29, 1.82) is 0 Å². The molecule has 18 heavy (non-hydrogen) atoms. The second-order valence-electron chi connectivity index (χ2n) is 5.30. The Morgan fingerprint density at radius 3 is 2.83 bits per heavy atom. The predicted octanol–water partition coefficient (Wildman–Crippen LogP) is 2.47. The van der Waals surface area contributed by atoms with Gasteiger partial charge in [-0.25, -0.2) is 0 Å². The van der Waals surface area contributed by atoms with Gasteiger partial charge in [0.1, 0.15) is 0 Å². The van der Waals surface area contributed by atoms with Crippen LogP contribution in [-0.4, -0.2) is 30.6 Å². The van der Waals surface area contributed by atoms with Crippen LogP contribution in [0.2, 0.25) is 0 Å². The molecule has 3 nitrogen and oxygen atoms in total. The number of fused-ring (bicyclic) bond motifs is 1. The number of nitrogens with zero attached hydrogens (tertiary/aromatic N) is 1. The summed E-state index contributed by atoms with van der Waals surface area (Å²) in [6.07, 6.45) is 2.82. The molecule has 1 aliphatic carbocycles. The van der Waals surface area contributed by atoms with E-state index in [0.29, 0.717) is 17.4 Å². The molecule has 1 aromatic rings. The van der Waals surface area contributed by atoms with E-state index in [9.17, 15) is 9.90 Å². The standard InChI is InChI=1S/C14H16BrNO2/c15-13-5-11(3-1-10(13)8-17)16-6-9-2-4-14(18)12(9)7-16/h1,3,5,8-9,12,14,18H,2,4,6-7H2. The number of carbonyl (C=O) groups is 1. The second-order valence-corrected chi connectivity index (χ2v) is 6.15. The summed E-state index contributed by atoms with van der Waals surface area (Å²) in [6, 6.07) is 5.83. The number of benzene rings is 1. The Morgan fingerprint density at radius 1 is 1.33 bits per heavy atom. The maximum absolute atomic E-state index is 10.8. The van der Waals surface area contributed by atoms with E-state index in [1.807, 2.05) is 18.2 Å². The number of hydrogen-bond acceptors (Lipinski definition) is 3. The number of anilines is 1. The zero-order valence-electron chi connectivity index (χ0n) is 10.1. The summed E-state index contributed by atoms with van der Waals surface area (Å²) in [6.45, 7) is 1.95. The molecule has 3 rings (SSSR count). The lowest BCUT2D eigenvalue weighted by Gasteiger charge is -2.21. The SMILES string of the molecule is O=Cc1ccc(N2CC3CCC(O)C3C2)cc1Br. The van der Waals surface area contributed by atoms with Crippen molar-refractivity contribution < 1.29 is 9.90 Å². The van der Waals surface area contributed by atoms with E-state index in [1.54, 1.807) is 0 Å². The van der Waals surface area contributed by atoms with Crippen molar-refractivity contribution in [2.24, 2.45) is 11.8 Å². The van der Waals surface area contributed by atoms with Gasteiger partial charge in [0.2, 0.25) is 0 Å². The van der Waals surface area contributed by atoms with E-state index >= 15 is 0 Å². The molecule has 0 amide bonds. The largest absolute Gasteiger partial charge is 0.393 e. The summed E-state index contributed by atoms with van der Waals surface area (Å²) in [5.74, 6) is 1.05. The van der Waals surface area contributed by atoms with Crippen LogP contribution in [0.1, 0.15) is 23.2 Å². The first kappa shape index (κ1) is 12.2. The Hall–Kier alpha value is -0.870. The zero-order valence-corrected chi connectivity index (χ0v) is 11.6. The maximum atomic E-state index is 10.8. The fourth-order valence-corrected chi connectivity index (χ4v) is 3.72. The van der Waals surface area contributed by atoms with E-state index in [-0.39, 0.29) is 6.10 Å². The van der Waals surface area contributed by atoms with E-state index in [4.69, 9.17) is 0 Å². The average molecular weight is 310 g/mol. The number of hydrogen-bond donors (Lipinski definition) is 1. The van der Waals surface area contributed by atoms with E-state index in [2.05, 4.69) is 20.8 Å². The van der Waals surface area contributed by atoms with Crippen LogP contribution in [0.15, 0.2) is 22.7 Å². The molecular formula is C14H16BrNO2. The molecule has 96 valence electrons. The van der Waals surface area contributed by atoms with Gasteiger partial charge < -0.3 is 10.0 Å². The van der Waals surface area contributed by atoms with Crippen LogP contribution in [0.5, 0.6) is 0 Å². The lowest BCUT2D eigenvalue weighted by molar-refractivity contribution is 0.112. The molecule has 1 aliphatic heterocycles. The molecule has 2 fully saturated rings. The summed E-state index contributed by atoms with van der Waals surface area (Å²) in [5, 5.41) is 9.92. The molecule has 1 saturated carbocycles. The van der Waals surface area contributed by atoms with Crippen LogP contribution in [-0.2, 0) is 0 Å². The van der Waals surface area contributed by atoms with Crippen molar-refractivity contribution in [2.75, 3.05) is 18.0 Å². The first-order valence-electron chi connectivity index (χ1n) is 6.37. The van der Waals surface area contributed by atoms with Gasteiger partial charge in [-0.3, -0.25) is 4.79 Å². The van der Waals surface area contributed by atoms with Gasteiger partial charge in [-0.2, -0.15) is 0 Å². The van der Waals surface area contributed by atoms with E-state index in [1.165, 1.54) is 0 Å². The third-order valence-electron chi connectivity index (χ3n) is 4.30. The quantitative estimate of drug-likeness (QED) is 0.853. The van der Waals surface area contributed by atoms with E-state index < -0.39 is 0 Å². The third-order valence-corrected chi connectivity index (χ3v) is 4.98.